The largest absolute Gasteiger partial charge is 0.397 e. The molecular weight excluding hydrogens is 228 g/mol. The summed E-state index contributed by atoms with van der Waals surface area (Å²) < 4.78 is 0. The molecule has 16 heavy (non-hydrogen) atoms. The number of halogens is 1. The average molecular weight is 243 g/mol. The van der Waals surface area contributed by atoms with Crippen LogP contribution in [0.2, 0.25) is 5.02 Å². The maximum atomic E-state index is 11.2. The third kappa shape index (κ3) is 3.12. The van der Waals surface area contributed by atoms with Gasteiger partial charge in [0.15, 0.2) is 5.78 Å². The van der Waals surface area contributed by atoms with Crippen LogP contribution in [0.25, 0.3) is 0 Å². The zero-order valence-corrected chi connectivity index (χ0v) is 10.0. The molecule has 0 amide bonds. The Labute approximate surface area is 99.4 Å². The lowest BCUT2D eigenvalue weighted by Crippen LogP contribution is -2.16. The summed E-state index contributed by atoms with van der Waals surface area (Å²) in [6, 6.07) is 3.17. The molecule has 0 aliphatic rings. The van der Waals surface area contributed by atoms with E-state index >= 15 is 0 Å². The molecule has 4 nitrogen and oxygen atoms in total. The number of carbonyl (C=O) groups excluding carboxylic acids is 1. The number of carbonyl (C=O) groups is 1. The van der Waals surface area contributed by atoms with E-state index in [1.807, 2.05) is 0 Å². The van der Waals surface area contributed by atoms with Gasteiger partial charge in [0.2, 0.25) is 0 Å². The van der Waals surface area contributed by atoms with Gasteiger partial charge in [-0.2, -0.15) is 0 Å². The molecular formula is C11H15ClN2O2. The molecule has 0 saturated heterocycles. The van der Waals surface area contributed by atoms with Crippen molar-refractivity contribution in [3.63, 3.8) is 0 Å². The average Bonchev–Trinajstić information content (AvgIpc) is 2.19. The normalized spacial score (nSPS) is 12.2. The summed E-state index contributed by atoms with van der Waals surface area (Å²) in [5, 5.41) is 12.4. The Morgan fingerprint density at radius 1 is 1.62 bits per heavy atom. The lowest BCUT2D eigenvalue weighted by Gasteiger charge is -2.12. The van der Waals surface area contributed by atoms with Gasteiger partial charge in [0.05, 0.1) is 22.5 Å². The maximum Gasteiger partial charge on any atom is 0.159 e. The van der Waals surface area contributed by atoms with Gasteiger partial charge in [0, 0.05) is 12.1 Å². The van der Waals surface area contributed by atoms with Crippen molar-refractivity contribution in [1.29, 1.82) is 0 Å². The number of anilines is 2. The number of hydrogen-bond donors (Lipinski definition) is 3. The van der Waals surface area contributed by atoms with Gasteiger partial charge in [-0.3, -0.25) is 4.79 Å². The SMILES string of the molecule is CC(=O)c1cc(N)c(Cl)c(NCC(C)O)c1. The number of aliphatic hydroxyl groups is 1. The van der Waals surface area contributed by atoms with Gasteiger partial charge in [-0.05, 0) is 26.0 Å². The Morgan fingerprint density at radius 3 is 2.75 bits per heavy atom. The second-order valence-corrected chi connectivity index (χ2v) is 4.09. The molecule has 0 spiro atoms. The number of nitrogen functional groups attached to an aromatic ring is 1. The minimum absolute atomic E-state index is 0.0801. The van der Waals surface area contributed by atoms with Crippen molar-refractivity contribution in [3.05, 3.63) is 22.7 Å². The molecule has 0 aromatic heterocycles. The van der Waals surface area contributed by atoms with Crippen LogP contribution >= 0.6 is 11.6 Å². The molecule has 0 aliphatic heterocycles. The first kappa shape index (κ1) is 12.8. The van der Waals surface area contributed by atoms with Gasteiger partial charge < -0.3 is 16.2 Å². The molecule has 1 aromatic rings. The van der Waals surface area contributed by atoms with Crippen molar-refractivity contribution >= 4 is 28.8 Å². The van der Waals surface area contributed by atoms with E-state index in [1.165, 1.54) is 13.0 Å². The quantitative estimate of drug-likeness (QED) is 0.557. The van der Waals surface area contributed by atoms with Crippen molar-refractivity contribution in [2.24, 2.45) is 0 Å². The Kier molecular flexibility index (Phi) is 4.15. The highest BCUT2D eigenvalue weighted by molar-refractivity contribution is 6.36. The van der Waals surface area contributed by atoms with Crippen LogP contribution in [0.1, 0.15) is 24.2 Å². The summed E-state index contributed by atoms with van der Waals surface area (Å²) in [6.45, 7) is 3.46. The number of benzene rings is 1. The summed E-state index contributed by atoms with van der Waals surface area (Å²) in [5.74, 6) is -0.0801. The van der Waals surface area contributed by atoms with Crippen molar-refractivity contribution < 1.29 is 9.90 Å². The van der Waals surface area contributed by atoms with Gasteiger partial charge in [0.25, 0.3) is 0 Å². The van der Waals surface area contributed by atoms with Crippen LogP contribution in [0.15, 0.2) is 12.1 Å². The number of rotatable bonds is 4. The molecule has 88 valence electrons. The van der Waals surface area contributed by atoms with Crippen molar-refractivity contribution in [3.8, 4) is 0 Å². The van der Waals surface area contributed by atoms with E-state index < -0.39 is 6.10 Å². The molecule has 5 heteroatoms. The first-order valence-electron chi connectivity index (χ1n) is 4.93. The van der Waals surface area contributed by atoms with Crippen LogP contribution in [-0.2, 0) is 0 Å². The van der Waals surface area contributed by atoms with E-state index in [-0.39, 0.29) is 5.78 Å². The van der Waals surface area contributed by atoms with Crippen molar-refractivity contribution in [2.75, 3.05) is 17.6 Å². The number of hydrogen-bond acceptors (Lipinski definition) is 4. The number of ketones is 1. The highest BCUT2D eigenvalue weighted by Gasteiger charge is 2.09. The zero-order chi connectivity index (χ0) is 12.3. The topological polar surface area (TPSA) is 75.4 Å². The predicted octanol–water partition coefficient (Wildman–Crippen LogP) is 1.92. The fraction of sp³-hybridized carbons (Fsp3) is 0.364. The van der Waals surface area contributed by atoms with Gasteiger partial charge in [-0.15, -0.1) is 0 Å². The molecule has 0 aliphatic carbocycles. The second kappa shape index (κ2) is 5.18. The molecule has 1 rings (SSSR count). The van der Waals surface area contributed by atoms with Crippen molar-refractivity contribution in [1.82, 2.24) is 0 Å². The Hall–Kier alpha value is -1.26. The van der Waals surface area contributed by atoms with E-state index in [0.717, 1.165) is 0 Å². The summed E-state index contributed by atoms with van der Waals surface area (Å²) in [4.78, 5) is 11.2. The summed E-state index contributed by atoms with van der Waals surface area (Å²) in [5.41, 5.74) is 7.09. The van der Waals surface area contributed by atoms with Crippen LogP contribution in [0.4, 0.5) is 11.4 Å². The van der Waals surface area contributed by atoms with E-state index in [2.05, 4.69) is 5.32 Å². The lowest BCUT2D eigenvalue weighted by molar-refractivity contribution is 0.101. The number of aliphatic hydroxyl groups excluding tert-OH is 1. The monoisotopic (exact) mass is 242 g/mol. The number of Topliss-reactive ketones (excluding diaryl/α,β-unsaturated/α-hetero) is 1. The Morgan fingerprint density at radius 2 is 2.25 bits per heavy atom. The first-order chi connectivity index (χ1) is 7.41. The summed E-state index contributed by atoms with van der Waals surface area (Å²) >= 11 is 5.97. The molecule has 0 radical (unpaired) electrons. The van der Waals surface area contributed by atoms with Crippen LogP contribution in [0.5, 0.6) is 0 Å². The Balaban J connectivity index is 3.02. The molecule has 1 atom stereocenters. The molecule has 1 aromatic carbocycles. The smallest absolute Gasteiger partial charge is 0.159 e. The van der Waals surface area contributed by atoms with E-state index in [0.29, 0.717) is 28.5 Å². The molecule has 0 fully saturated rings. The molecule has 4 N–H and O–H groups in total. The number of nitrogens with one attached hydrogen (secondary N) is 1. The summed E-state index contributed by atoms with van der Waals surface area (Å²) in [7, 11) is 0. The lowest BCUT2D eigenvalue weighted by atomic mass is 10.1. The summed E-state index contributed by atoms with van der Waals surface area (Å²) in [6.07, 6.45) is -0.502. The van der Waals surface area contributed by atoms with E-state index in [9.17, 15) is 4.79 Å². The fourth-order valence-electron chi connectivity index (χ4n) is 1.24. The third-order valence-electron chi connectivity index (χ3n) is 2.10. The third-order valence-corrected chi connectivity index (χ3v) is 2.52. The van der Waals surface area contributed by atoms with Crippen LogP contribution in [0.3, 0.4) is 0 Å². The van der Waals surface area contributed by atoms with Gasteiger partial charge in [-0.25, -0.2) is 0 Å². The standard InChI is InChI=1S/C11H15ClN2O2/c1-6(15)5-14-10-4-8(7(2)16)3-9(13)11(10)12/h3-4,6,14-15H,5,13H2,1-2H3. The van der Waals surface area contributed by atoms with E-state index in [4.69, 9.17) is 22.4 Å². The van der Waals surface area contributed by atoms with Crippen LogP contribution < -0.4 is 11.1 Å². The molecule has 0 bridgehead atoms. The van der Waals surface area contributed by atoms with E-state index in [1.54, 1.807) is 13.0 Å². The van der Waals surface area contributed by atoms with Gasteiger partial charge in [0.1, 0.15) is 0 Å². The molecule has 1 unspecified atom stereocenters. The maximum absolute atomic E-state index is 11.2. The fourth-order valence-corrected chi connectivity index (χ4v) is 1.41. The van der Waals surface area contributed by atoms with Gasteiger partial charge >= 0.3 is 0 Å². The minimum atomic E-state index is -0.502. The highest BCUT2D eigenvalue weighted by Crippen LogP contribution is 2.30. The van der Waals surface area contributed by atoms with Crippen LogP contribution in [0, 0.1) is 0 Å². The second-order valence-electron chi connectivity index (χ2n) is 3.71. The molecule has 0 saturated carbocycles. The molecule has 0 heterocycles. The predicted molar refractivity (Wildman–Crippen MR) is 66.0 cm³/mol. The zero-order valence-electron chi connectivity index (χ0n) is 9.25. The first-order valence-corrected chi connectivity index (χ1v) is 5.31. The Bertz CT molecular complexity index is 405. The highest BCUT2D eigenvalue weighted by atomic mass is 35.5. The number of nitrogens with two attached hydrogens (primary N) is 1. The van der Waals surface area contributed by atoms with Crippen molar-refractivity contribution in [2.45, 2.75) is 20.0 Å². The minimum Gasteiger partial charge on any atom is -0.397 e. The van der Waals surface area contributed by atoms with Gasteiger partial charge in [-0.1, -0.05) is 11.6 Å². The van der Waals surface area contributed by atoms with Crippen LogP contribution in [-0.4, -0.2) is 23.5 Å².